The molecule has 0 spiro atoms. The molecule has 0 heterocycles. The van der Waals surface area contributed by atoms with Gasteiger partial charge >= 0.3 is 0 Å². The Hall–Kier alpha value is 0. The zero-order chi connectivity index (χ0) is 8.59. The van der Waals surface area contributed by atoms with E-state index in [1.807, 2.05) is 0 Å². The molecule has 66 valence electrons. The Morgan fingerprint density at radius 1 is 1.09 bits per heavy atom. The maximum atomic E-state index is 2.41. The van der Waals surface area contributed by atoms with E-state index < -0.39 is 0 Å². The third kappa shape index (κ3) is 1.60. The monoisotopic (exact) mass is 154 g/mol. The van der Waals surface area contributed by atoms with Crippen LogP contribution in [0.3, 0.4) is 0 Å². The summed E-state index contributed by atoms with van der Waals surface area (Å²) >= 11 is 0. The quantitative estimate of drug-likeness (QED) is 0.570. The minimum absolute atomic E-state index is 0.870. The average Bonchev–Trinajstić information content (AvgIpc) is 1.98. The van der Waals surface area contributed by atoms with Crippen LogP contribution in [0.5, 0.6) is 0 Å². The van der Waals surface area contributed by atoms with Crippen LogP contribution in [-0.2, 0) is 0 Å². The summed E-state index contributed by atoms with van der Waals surface area (Å²) in [5.41, 5.74) is 0. The van der Waals surface area contributed by atoms with Crippen molar-refractivity contribution in [3.63, 3.8) is 0 Å². The van der Waals surface area contributed by atoms with Crippen molar-refractivity contribution >= 4 is 0 Å². The lowest BCUT2D eigenvalue weighted by atomic mass is 9.60. The summed E-state index contributed by atoms with van der Waals surface area (Å²) in [5.74, 6) is 4.79. The number of hydrogen-bond acceptors (Lipinski definition) is 0. The molecule has 0 nitrogen and oxygen atoms in total. The molecule has 0 N–H and O–H groups in total. The molecule has 0 heteroatoms. The van der Waals surface area contributed by atoms with Gasteiger partial charge in [-0.25, -0.2) is 0 Å². The SMILES string of the molecule is CC(C)C(C)C1CC(C)C1C. The lowest BCUT2D eigenvalue weighted by molar-refractivity contribution is 0.0363. The van der Waals surface area contributed by atoms with Crippen molar-refractivity contribution < 1.29 is 0 Å². The molecule has 0 bridgehead atoms. The van der Waals surface area contributed by atoms with E-state index >= 15 is 0 Å². The molecule has 1 aliphatic rings. The minimum atomic E-state index is 0.870. The second-order valence-corrected chi connectivity index (χ2v) is 4.84. The summed E-state index contributed by atoms with van der Waals surface area (Å²) in [7, 11) is 0. The molecule has 11 heavy (non-hydrogen) atoms. The van der Waals surface area contributed by atoms with Crippen molar-refractivity contribution in [3.05, 3.63) is 0 Å². The van der Waals surface area contributed by atoms with Crippen molar-refractivity contribution in [3.8, 4) is 0 Å². The second kappa shape index (κ2) is 3.16. The van der Waals surface area contributed by atoms with Crippen LogP contribution in [0.2, 0.25) is 0 Å². The van der Waals surface area contributed by atoms with Crippen molar-refractivity contribution in [1.82, 2.24) is 0 Å². The molecule has 0 aliphatic heterocycles. The first-order valence-electron chi connectivity index (χ1n) is 5.04. The zero-order valence-electron chi connectivity index (χ0n) is 8.59. The molecule has 1 aliphatic carbocycles. The maximum Gasteiger partial charge on any atom is -0.0355 e. The van der Waals surface area contributed by atoms with E-state index in [1.165, 1.54) is 6.42 Å². The third-order valence-electron chi connectivity index (χ3n) is 3.94. The molecule has 0 radical (unpaired) electrons. The Kier molecular flexibility index (Phi) is 2.61. The number of rotatable bonds is 2. The van der Waals surface area contributed by atoms with Gasteiger partial charge in [0.2, 0.25) is 0 Å². The van der Waals surface area contributed by atoms with Crippen LogP contribution in [0.4, 0.5) is 0 Å². The van der Waals surface area contributed by atoms with Crippen molar-refractivity contribution in [2.75, 3.05) is 0 Å². The van der Waals surface area contributed by atoms with E-state index in [2.05, 4.69) is 34.6 Å². The third-order valence-corrected chi connectivity index (χ3v) is 3.94. The fourth-order valence-corrected chi connectivity index (χ4v) is 2.27. The molecule has 0 saturated heterocycles. The summed E-state index contributed by atoms with van der Waals surface area (Å²) in [5, 5.41) is 0. The van der Waals surface area contributed by atoms with Gasteiger partial charge in [0, 0.05) is 0 Å². The summed E-state index contributed by atoms with van der Waals surface area (Å²) in [4.78, 5) is 0. The Balaban J connectivity index is 2.39. The lowest BCUT2D eigenvalue weighted by Crippen LogP contribution is -2.38. The highest BCUT2D eigenvalue weighted by Crippen LogP contribution is 2.45. The summed E-state index contributed by atoms with van der Waals surface area (Å²) in [6.07, 6.45) is 1.47. The largest absolute Gasteiger partial charge is 0.0625 e. The highest BCUT2D eigenvalue weighted by molar-refractivity contribution is 4.87. The van der Waals surface area contributed by atoms with Gasteiger partial charge in [-0.2, -0.15) is 0 Å². The predicted molar refractivity (Wildman–Crippen MR) is 50.4 cm³/mol. The van der Waals surface area contributed by atoms with Gasteiger partial charge in [0.25, 0.3) is 0 Å². The molecule has 0 aromatic rings. The topological polar surface area (TPSA) is 0 Å². The first kappa shape index (κ1) is 9.09. The molecule has 4 unspecified atom stereocenters. The van der Waals surface area contributed by atoms with Crippen LogP contribution in [0.25, 0.3) is 0 Å². The maximum absolute atomic E-state index is 2.41. The highest BCUT2D eigenvalue weighted by Gasteiger charge is 2.38. The van der Waals surface area contributed by atoms with Crippen LogP contribution in [0, 0.1) is 29.6 Å². The van der Waals surface area contributed by atoms with Gasteiger partial charge in [0.15, 0.2) is 0 Å². The normalized spacial score (nSPS) is 40.4. The van der Waals surface area contributed by atoms with E-state index in [1.54, 1.807) is 0 Å². The summed E-state index contributed by atoms with van der Waals surface area (Å²) < 4.78 is 0. The van der Waals surface area contributed by atoms with E-state index in [0.29, 0.717) is 0 Å². The van der Waals surface area contributed by atoms with E-state index in [4.69, 9.17) is 0 Å². The van der Waals surface area contributed by atoms with Crippen LogP contribution < -0.4 is 0 Å². The molecule has 1 fully saturated rings. The first-order chi connectivity index (χ1) is 5.04. The minimum Gasteiger partial charge on any atom is -0.0625 e. The molecular formula is C11H22. The Morgan fingerprint density at radius 2 is 1.64 bits per heavy atom. The Labute approximate surface area is 71.4 Å². The van der Waals surface area contributed by atoms with Crippen molar-refractivity contribution in [2.24, 2.45) is 29.6 Å². The van der Waals surface area contributed by atoms with E-state index in [0.717, 1.165) is 29.6 Å². The van der Waals surface area contributed by atoms with E-state index in [9.17, 15) is 0 Å². The van der Waals surface area contributed by atoms with Crippen molar-refractivity contribution in [2.45, 2.75) is 41.0 Å². The van der Waals surface area contributed by atoms with Gasteiger partial charge in [-0.05, 0) is 36.0 Å². The Morgan fingerprint density at radius 3 is 1.91 bits per heavy atom. The van der Waals surface area contributed by atoms with Crippen LogP contribution in [0.15, 0.2) is 0 Å². The predicted octanol–water partition coefficient (Wildman–Crippen LogP) is 3.57. The molecule has 4 atom stereocenters. The molecule has 1 rings (SSSR count). The summed E-state index contributed by atoms with van der Waals surface area (Å²) in [6.45, 7) is 11.9. The molecule has 0 aromatic carbocycles. The molecular weight excluding hydrogens is 132 g/mol. The van der Waals surface area contributed by atoms with Gasteiger partial charge in [-0.3, -0.25) is 0 Å². The lowest BCUT2D eigenvalue weighted by Gasteiger charge is -2.45. The average molecular weight is 154 g/mol. The van der Waals surface area contributed by atoms with Gasteiger partial charge in [-0.15, -0.1) is 0 Å². The number of hydrogen-bond donors (Lipinski definition) is 0. The van der Waals surface area contributed by atoms with Gasteiger partial charge in [0.1, 0.15) is 0 Å². The van der Waals surface area contributed by atoms with Crippen molar-refractivity contribution in [1.29, 1.82) is 0 Å². The standard InChI is InChI=1S/C11H22/c1-7(2)9(4)11-6-8(3)10(11)5/h7-11H,6H2,1-5H3. The Bertz CT molecular complexity index is 126. The smallest absolute Gasteiger partial charge is 0.0355 e. The van der Waals surface area contributed by atoms with Gasteiger partial charge in [0.05, 0.1) is 0 Å². The highest BCUT2D eigenvalue weighted by atomic mass is 14.4. The molecule has 0 amide bonds. The molecule has 0 aromatic heterocycles. The molecule has 1 saturated carbocycles. The summed E-state index contributed by atoms with van der Waals surface area (Å²) in [6, 6.07) is 0. The van der Waals surface area contributed by atoms with E-state index in [-0.39, 0.29) is 0 Å². The van der Waals surface area contributed by atoms with Crippen LogP contribution in [0.1, 0.15) is 41.0 Å². The fourth-order valence-electron chi connectivity index (χ4n) is 2.27. The van der Waals surface area contributed by atoms with Crippen LogP contribution in [-0.4, -0.2) is 0 Å². The second-order valence-electron chi connectivity index (χ2n) is 4.84. The van der Waals surface area contributed by atoms with Crippen LogP contribution >= 0.6 is 0 Å². The van der Waals surface area contributed by atoms with Gasteiger partial charge in [-0.1, -0.05) is 34.6 Å². The van der Waals surface area contributed by atoms with Gasteiger partial charge < -0.3 is 0 Å². The fraction of sp³-hybridized carbons (Fsp3) is 1.00. The first-order valence-corrected chi connectivity index (χ1v) is 5.04. The zero-order valence-corrected chi connectivity index (χ0v) is 8.59.